The summed E-state index contributed by atoms with van der Waals surface area (Å²) in [5.41, 5.74) is 0.896. The molecule has 0 bridgehead atoms. The van der Waals surface area contributed by atoms with Gasteiger partial charge in [-0.2, -0.15) is 0 Å². The van der Waals surface area contributed by atoms with Gasteiger partial charge in [-0.1, -0.05) is 28.9 Å². The summed E-state index contributed by atoms with van der Waals surface area (Å²) in [7, 11) is 1.24. The minimum Gasteiger partial charge on any atom is -0.453 e. The van der Waals surface area contributed by atoms with E-state index >= 15 is 0 Å². The number of hydrogen-bond acceptors (Lipinski definition) is 5. The van der Waals surface area contributed by atoms with Gasteiger partial charge in [-0.25, -0.2) is 9.48 Å². The molecule has 0 spiro atoms. The van der Waals surface area contributed by atoms with Gasteiger partial charge in [0, 0.05) is 11.6 Å². The first-order valence-electron chi connectivity index (χ1n) is 6.33. The van der Waals surface area contributed by atoms with E-state index in [-0.39, 0.29) is 18.3 Å². The second kappa shape index (κ2) is 7.41. The molecular weight excluding hydrogens is 310 g/mol. The normalized spacial score (nSPS) is 10.1. The van der Waals surface area contributed by atoms with Crippen molar-refractivity contribution in [1.82, 2.24) is 20.3 Å². The Balaban J connectivity index is 1.83. The standard InChI is InChI=1S/C13H14ClN5O3/c1-22-13(21)16-11-7-19(18-17-11)8-12(20)15-6-9-3-2-4-10(14)5-9/h2-5,7H,6,8H2,1H3,(H,15,20)(H,16,21). The molecular formula is C13H14ClN5O3. The quantitative estimate of drug-likeness (QED) is 0.867. The highest BCUT2D eigenvalue weighted by atomic mass is 35.5. The predicted octanol–water partition coefficient (Wildman–Crippen LogP) is 1.43. The van der Waals surface area contributed by atoms with Gasteiger partial charge in [0.2, 0.25) is 5.91 Å². The second-order valence-electron chi connectivity index (χ2n) is 4.32. The van der Waals surface area contributed by atoms with E-state index in [1.807, 2.05) is 12.1 Å². The largest absolute Gasteiger partial charge is 0.453 e. The smallest absolute Gasteiger partial charge is 0.412 e. The molecule has 116 valence electrons. The summed E-state index contributed by atoms with van der Waals surface area (Å²) in [6, 6.07) is 7.21. The molecule has 2 aromatic rings. The summed E-state index contributed by atoms with van der Waals surface area (Å²) < 4.78 is 5.73. The third-order valence-corrected chi connectivity index (χ3v) is 2.87. The van der Waals surface area contributed by atoms with Gasteiger partial charge < -0.3 is 10.1 Å². The van der Waals surface area contributed by atoms with Crippen molar-refractivity contribution in [2.45, 2.75) is 13.1 Å². The van der Waals surface area contributed by atoms with Crippen molar-refractivity contribution in [3.8, 4) is 0 Å². The number of halogens is 1. The van der Waals surface area contributed by atoms with Crippen LogP contribution in [-0.4, -0.2) is 34.1 Å². The highest BCUT2D eigenvalue weighted by Crippen LogP contribution is 2.10. The monoisotopic (exact) mass is 323 g/mol. The molecule has 1 aromatic heterocycles. The molecule has 2 rings (SSSR count). The van der Waals surface area contributed by atoms with E-state index in [1.54, 1.807) is 12.1 Å². The molecule has 9 heteroatoms. The summed E-state index contributed by atoms with van der Waals surface area (Å²) in [5, 5.41) is 13.1. The first-order chi connectivity index (χ1) is 10.6. The summed E-state index contributed by atoms with van der Waals surface area (Å²) in [6.45, 7) is 0.345. The lowest BCUT2D eigenvalue weighted by Crippen LogP contribution is -2.27. The van der Waals surface area contributed by atoms with E-state index < -0.39 is 6.09 Å². The van der Waals surface area contributed by atoms with Gasteiger partial charge in [-0.15, -0.1) is 5.10 Å². The van der Waals surface area contributed by atoms with Crippen LogP contribution >= 0.6 is 11.6 Å². The Labute approximate surface area is 131 Å². The first-order valence-corrected chi connectivity index (χ1v) is 6.71. The highest BCUT2D eigenvalue weighted by molar-refractivity contribution is 6.30. The van der Waals surface area contributed by atoms with Gasteiger partial charge in [-0.05, 0) is 17.7 Å². The molecule has 0 aliphatic heterocycles. The number of amides is 2. The topological polar surface area (TPSA) is 98.1 Å². The molecule has 1 aromatic carbocycles. The van der Waals surface area contributed by atoms with Crippen molar-refractivity contribution >= 4 is 29.4 Å². The maximum Gasteiger partial charge on any atom is 0.412 e. The van der Waals surface area contributed by atoms with Crippen molar-refractivity contribution in [3.63, 3.8) is 0 Å². The summed E-state index contributed by atoms with van der Waals surface area (Å²) in [4.78, 5) is 22.8. The van der Waals surface area contributed by atoms with Gasteiger partial charge >= 0.3 is 6.09 Å². The Hall–Kier alpha value is -2.61. The van der Waals surface area contributed by atoms with Crippen LogP contribution in [-0.2, 0) is 22.6 Å². The van der Waals surface area contributed by atoms with E-state index in [0.29, 0.717) is 11.6 Å². The van der Waals surface area contributed by atoms with Crippen LogP contribution in [0.5, 0.6) is 0 Å². The fourth-order valence-electron chi connectivity index (χ4n) is 1.64. The number of aromatic nitrogens is 3. The average molecular weight is 324 g/mol. The number of hydrogen-bond donors (Lipinski definition) is 2. The number of carbonyl (C=O) groups excluding carboxylic acids is 2. The van der Waals surface area contributed by atoms with Gasteiger partial charge in [0.15, 0.2) is 5.82 Å². The zero-order valence-corrected chi connectivity index (χ0v) is 12.5. The molecule has 1 heterocycles. The van der Waals surface area contributed by atoms with E-state index in [4.69, 9.17) is 11.6 Å². The fraction of sp³-hybridized carbons (Fsp3) is 0.231. The molecule has 8 nitrogen and oxygen atoms in total. The molecule has 0 aliphatic rings. The maximum absolute atomic E-state index is 11.8. The number of benzene rings is 1. The molecule has 0 fully saturated rings. The van der Waals surface area contributed by atoms with Gasteiger partial charge in [0.25, 0.3) is 0 Å². The number of ether oxygens (including phenoxy) is 1. The lowest BCUT2D eigenvalue weighted by molar-refractivity contribution is -0.122. The SMILES string of the molecule is COC(=O)Nc1cn(CC(=O)NCc2cccc(Cl)c2)nn1. The van der Waals surface area contributed by atoms with Crippen LogP contribution in [0.4, 0.5) is 10.6 Å². The minimum atomic E-state index is -0.655. The third-order valence-electron chi connectivity index (χ3n) is 2.64. The van der Waals surface area contributed by atoms with Gasteiger partial charge in [-0.3, -0.25) is 10.1 Å². The Bertz CT molecular complexity index is 673. The van der Waals surface area contributed by atoms with Crippen LogP contribution in [0, 0.1) is 0 Å². The van der Waals surface area contributed by atoms with Crippen molar-refractivity contribution < 1.29 is 14.3 Å². The van der Waals surface area contributed by atoms with Crippen molar-refractivity contribution in [3.05, 3.63) is 41.0 Å². The van der Waals surface area contributed by atoms with E-state index in [0.717, 1.165) is 5.56 Å². The molecule has 0 atom stereocenters. The van der Waals surface area contributed by atoms with Crippen LogP contribution in [0.2, 0.25) is 5.02 Å². The average Bonchev–Trinajstić information content (AvgIpc) is 2.92. The second-order valence-corrected chi connectivity index (χ2v) is 4.76. The predicted molar refractivity (Wildman–Crippen MR) is 79.3 cm³/mol. The molecule has 0 saturated heterocycles. The molecule has 0 unspecified atom stereocenters. The number of methoxy groups -OCH3 is 1. The van der Waals surface area contributed by atoms with Crippen molar-refractivity contribution in [2.24, 2.45) is 0 Å². The van der Waals surface area contributed by atoms with E-state index in [2.05, 4.69) is 25.7 Å². The Morgan fingerprint density at radius 3 is 2.95 bits per heavy atom. The zero-order valence-electron chi connectivity index (χ0n) is 11.7. The molecule has 0 saturated carbocycles. The summed E-state index contributed by atoms with van der Waals surface area (Å²) >= 11 is 5.87. The molecule has 0 aliphatic carbocycles. The molecule has 2 amide bonds. The Kier molecular flexibility index (Phi) is 5.31. The van der Waals surface area contributed by atoms with Crippen LogP contribution in [0.1, 0.15) is 5.56 Å². The summed E-state index contributed by atoms with van der Waals surface area (Å²) in [6.07, 6.45) is 0.771. The number of nitrogens with zero attached hydrogens (tertiary/aromatic N) is 3. The van der Waals surface area contributed by atoms with Crippen LogP contribution in [0.3, 0.4) is 0 Å². The molecule has 2 N–H and O–H groups in total. The number of anilines is 1. The lowest BCUT2D eigenvalue weighted by Gasteiger charge is -2.05. The maximum atomic E-state index is 11.8. The fourth-order valence-corrected chi connectivity index (χ4v) is 1.85. The Morgan fingerprint density at radius 1 is 1.41 bits per heavy atom. The van der Waals surface area contributed by atoms with Crippen LogP contribution in [0.25, 0.3) is 0 Å². The van der Waals surface area contributed by atoms with Crippen molar-refractivity contribution in [1.29, 1.82) is 0 Å². The van der Waals surface area contributed by atoms with E-state index in [1.165, 1.54) is 18.0 Å². The van der Waals surface area contributed by atoms with E-state index in [9.17, 15) is 9.59 Å². The van der Waals surface area contributed by atoms with Crippen molar-refractivity contribution in [2.75, 3.05) is 12.4 Å². The molecule has 0 radical (unpaired) electrons. The van der Waals surface area contributed by atoms with Gasteiger partial charge in [0.1, 0.15) is 6.54 Å². The van der Waals surface area contributed by atoms with Gasteiger partial charge in [0.05, 0.1) is 13.3 Å². The number of nitrogens with one attached hydrogen (secondary N) is 2. The van der Waals surface area contributed by atoms with Crippen LogP contribution in [0.15, 0.2) is 30.5 Å². The first kappa shape index (κ1) is 15.8. The molecule has 22 heavy (non-hydrogen) atoms. The van der Waals surface area contributed by atoms with Crippen LogP contribution < -0.4 is 10.6 Å². The third kappa shape index (κ3) is 4.74. The zero-order chi connectivity index (χ0) is 15.9. The highest BCUT2D eigenvalue weighted by Gasteiger charge is 2.08. The Morgan fingerprint density at radius 2 is 2.23 bits per heavy atom. The number of carbonyl (C=O) groups is 2. The summed E-state index contributed by atoms with van der Waals surface area (Å²) in [5.74, 6) is -0.0380. The minimum absolute atomic E-state index is 0.0174. The lowest BCUT2D eigenvalue weighted by atomic mass is 10.2. The number of rotatable bonds is 5.